The molecule has 0 aliphatic rings. The average Bonchev–Trinajstić information content (AvgIpc) is 1.77. The Morgan fingerprint density at radius 3 is 1.25 bits per heavy atom. The summed E-state index contributed by atoms with van der Waals surface area (Å²) in [7, 11) is 0. The van der Waals surface area contributed by atoms with Crippen LogP contribution in [0.15, 0.2) is 12.4 Å². The molecule has 0 saturated heterocycles. The van der Waals surface area contributed by atoms with Crippen LogP contribution in [-0.4, -0.2) is 12.4 Å². The summed E-state index contributed by atoms with van der Waals surface area (Å²) in [6, 6.07) is 0. The second-order valence-electron chi connectivity index (χ2n) is 1.88. The first-order valence-electron chi connectivity index (χ1n) is 2.60. The molecule has 0 fully saturated rings. The van der Waals surface area contributed by atoms with Gasteiger partial charge in [0.2, 0.25) is 0 Å². The van der Waals surface area contributed by atoms with Crippen molar-refractivity contribution in [1.29, 1.82) is 0 Å². The fourth-order valence-corrected chi connectivity index (χ4v) is 0.477. The number of alkyl halides is 6. The van der Waals surface area contributed by atoms with E-state index in [-0.39, 0.29) is 0 Å². The van der Waals surface area contributed by atoms with E-state index in [0.29, 0.717) is 0 Å². The minimum absolute atomic E-state index is 0.583. The van der Waals surface area contributed by atoms with E-state index in [0.717, 1.165) is 0 Å². The molecule has 0 atom stereocenters. The van der Waals surface area contributed by atoms with Crippen LogP contribution in [0.1, 0.15) is 0 Å². The Hall–Kier alpha value is -0.750. The molecule has 0 aliphatic carbocycles. The van der Waals surface area contributed by atoms with Crippen LogP contribution in [0.25, 0.3) is 0 Å². The first-order valence-corrected chi connectivity index (χ1v) is 2.60. The summed E-state index contributed by atoms with van der Waals surface area (Å²) in [5, 5.41) is 0. The van der Waals surface area contributed by atoms with E-state index in [4.69, 9.17) is 0 Å². The Morgan fingerprint density at radius 1 is 0.833 bits per heavy atom. The van der Waals surface area contributed by atoms with Crippen molar-refractivity contribution in [1.82, 2.24) is 0 Å². The summed E-state index contributed by atoms with van der Waals surface area (Å²) in [5.41, 5.74) is 0. The summed E-state index contributed by atoms with van der Waals surface area (Å²) in [6.45, 7) is 0. The van der Waals surface area contributed by atoms with Gasteiger partial charge < -0.3 is 0 Å². The van der Waals surface area contributed by atoms with Crippen molar-refractivity contribution in [2.75, 3.05) is 0 Å². The van der Waals surface area contributed by atoms with Crippen LogP contribution in [0.3, 0.4) is 0 Å². The summed E-state index contributed by atoms with van der Waals surface area (Å²) in [6.07, 6.45) is -12.4. The SMILES string of the molecule is F/C=C/C(C(F)(F)F)C(F)(F)F. The zero-order valence-electron chi connectivity index (χ0n) is 5.38. The van der Waals surface area contributed by atoms with Gasteiger partial charge in [0, 0.05) is 0 Å². The predicted molar refractivity (Wildman–Crippen MR) is 25.8 cm³/mol. The zero-order chi connectivity index (χ0) is 9.99. The van der Waals surface area contributed by atoms with Crippen molar-refractivity contribution in [3.8, 4) is 0 Å². The molecule has 0 N–H and O–H groups in total. The van der Waals surface area contributed by atoms with Gasteiger partial charge >= 0.3 is 12.4 Å². The molecule has 0 nitrogen and oxygen atoms in total. The number of rotatable bonds is 1. The van der Waals surface area contributed by atoms with Gasteiger partial charge in [0.1, 0.15) is 0 Å². The first kappa shape index (κ1) is 11.2. The van der Waals surface area contributed by atoms with Crippen molar-refractivity contribution in [3.63, 3.8) is 0 Å². The molecule has 0 aromatic rings. The molecule has 0 aliphatic heterocycles. The Balaban J connectivity index is 4.69. The highest BCUT2D eigenvalue weighted by atomic mass is 19.4. The van der Waals surface area contributed by atoms with E-state index in [1.54, 1.807) is 0 Å². The van der Waals surface area contributed by atoms with Crippen LogP contribution in [0, 0.1) is 5.92 Å². The Bertz CT molecular complexity index is 148. The minimum atomic E-state index is -5.50. The quantitative estimate of drug-likeness (QED) is 0.565. The van der Waals surface area contributed by atoms with Crippen LogP contribution >= 0.6 is 0 Å². The van der Waals surface area contributed by atoms with Crippen LogP contribution in [0.2, 0.25) is 0 Å². The summed E-state index contributed by atoms with van der Waals surface area (Å²) >= 11 is 0. The van der Waals surface area contributed by atoms with E-state index in [2.05, 4.69) is 0 Å². The van der Waals surface area contributed by atoms with E-state index in [9.17, 15) is 30.7 Å². The van der Waals surface area contributed by atoms with Crippen molar-refractivity contribution in [2.45, 2.75) is 12.4 Å². The molecule has 0 aromatic heterocycles. The van der Waals surface area contributed by atoms with Gasteiger partial charge in [-0.05, 0) is 6.08 Å². The minimum Gasteiger partial charge on any atom is -0.216 e. The smallest absolute Gasteiger partial charge is 0.216 e. The fourth-order valence-electron chi connectivity index (χ4n) is 0.477. The van der Waals surface area contributed by atoms with Gasteiger partial charge in [0.15, 0.2) is 5.92 Å². The van der Waals surface area contributed by atoms with Crippen molar-refractivity contribution >= 4 is 0 Å². The molecule has 12 heavy (non-hydrogen) atoms. The van der Waals surface area contributed by atoms with Crippen molar-refractivity contribution in [2.24, 2.45) is 5.92 Å². The van der Waals surface area contributed by atoms with Gasteiger partial charge in [-0.15, -0.1) is 0 Å². The molecule has 0 heterocycles. The lowest BCUT2D eigenvalue weighted by atomic mass is 10.1. The summed E-state index contributed by atoms with van der Waals surface area (Å²) in [5.74, 6) is -3.73. The molecule has 0 radical (unpaired) electrons. The van der Waals surface area contributed by atoms with E-state index in [1.165, 1.54) is 0 Å². The lowest BCUT2D eigenvalue weighted by molar-refractivity contribution is -0.267. The van der Waals surface area contributed by atoms with E-state index >= 15 is 0 Å². The molecule has 0 spiro atoms. The predicted octanol–water partition coefficient (Wildman–Crippen LogP) is 3.21. The van der Waals surface area contributed by atoms with E-state index < -0.39 is 30.7 Å². The molecule has 0 aromatic carbocycles. The number of hydrogen-bond acceptors (Lipinski definition) is 0. The molecule has 0 saturated carbocycles. The molecule has 0 unspecified atom stereocenters. The lowest BCUT2D eigenvalue weighted by Crippen LogP contribution is -2.34. The Morgan fingerprint density at radius 2 is 1.17 bits per heavy atom. The number of halogens is 7. The van der Waals surface area contributed by atoms with Crippen LogP contribution in [0.4, 0.5) is 30.7 Å². The summed E-state index contributed by atoms with van der Waals surface area (Å²) in [4.78, 5) is 0. The first-order chi connectivity index (χ1) is 5.19. The number of allylic oxidation sites excluding steroid dienone is 1. The largest absolute Gasteiger partial charge is 0.403 e. The van der Waals surface area contributed by atoms with Gasteiger partial charge in [-0.2, -0.15) is 26.3 Å². The highest BCUT2D eigenvalue weighted by Crippen LogP contribution is 2.39. The lowest BCUT2D eigenvalue weighted by Gasteiger charge is -2.18. The van der Waals surface area contributed by atoms with Gasteiger partial charge in [0.25, 0.3) is 0 Å². The van der Waals surface area contributed by atoms with Crippen LogP contribution < -0.4 is 0 Å². The maximum atomic E-state index is 11.5. The fraction of sp³-hybridized carbons (Fsp3) is 0.600. The standard InChI is InChI=1S/C5H3F7/c6-2-1-3(4(7,8)9)5(10,11)12/h1-3H/b2-1+. The normalized spacial score (nSPS) is 14.7. The van der Waals surface area contributed by atoms with Gasteiger partial charge in [0.05, 0.1) is 6.33 Å². The maximum absolute atomic E-state index is 11.5. The second kappa shape index (κ2) is 3.32. The van der Waals surface area contributed by atoms with E-state index in [1.807, 2.05) is 0 Å². The molecular weight excluding hydrogens is 193 g/mol. The topological polar surface area (TPSA) is 0 Å². The highest BCUT2D eigenvalue weighted by molar-refractivity contribution is 4.92. The summed E-state index contributed by atoms with van der Waals surface area (Å²) < 4.78 is 79.9. The monoisotopic (exact) mass is 196 g/mol. The average molecular weight is 196 g/mol. The molecule has 0 bridgehead atoms. The Kier molecular flexibility index (Phi) is 3.11. The molecule has 0 amide bonds. The molecule has 72 valence electrons. The van der Waals surface area contributed by atoms with Gasteiger partial charge in [-0.25, -0.2) is 4.39 Å². The Labute approximate surface area is 62.7 Å². The van der Waals surface area contributed by atoms with Gasteiger partial charge in [-0.1, -0.05) is 0 Å². The van der Waals surface area contributed by atoms with Crippen LogP contribution in [0.5, 0.6) is 0 Å². The zero-order valence-corrected chi connectivity index (χ0v) is 5.38. The second-order valence-corrected chi connectivity index (χ2v) is 1.88. The molecule has 0 rings (SSSR count). The third kappa shape index (κ3) is 3.10. The number of hydrogen-bond donors (Lipinski definition) is 0. The third-order valence-corrected chi connectivity index (χ3v) is 0.970. The van der Waals surface area contributed by atoms with Crippen LogP contribution in [-0.2, 0) is 0 Å². The highest BCUT2D eigenvalue weighted by Gasteiger charge is 2.55. The maximum Gasteiger partial charge on any atom is 0.403 e. The third-order valence-electron chi connectivity index (χ3n) is 0.970. The van der Waals surface area contributed by atoms with Gasteiger partial charge in [-0.3, -0.25) is 0 Å². The van der Waals surface area contributed by atoms with Crippen molar-refractivity contribution < 1.29 is 30.7 Å². The van der Waals surface area contributed by atoms with Crippen molar-refractivity contribution in [3.05, 3.63) is 12.4 Å². The molecule has 7 heteroatoms. The molecular formula is C5H3F7.